The molecule has 6 heterocycles. The molecule has 7 rings (SSSR count). The smallest absolute Gasteiger partial charge is 0.228 e. The Kier molecular flexibility index (Phi) is 5.23. The van der Waals surface area contributed by atoms with Crippen molar-refractivity contribution >= 4 is 44.2 Å². The maximum absolute atomic E-state index is 15.1. The van der Waals surface area contributed by atoms with Gasteiger partial charge in [-0.2, -0.15) is 0 Å². The number of thiophene rings is 1. The molecule has 0 radical (unpaired) electrons. The van der Waals surface area contributed by atoms with Crippen LogP contribution in [0, 0.1) is 11.2 Å². The number of nitrogens with zero attached hydrogens (tertiary/aromatic N) is 4. The lowest BCUT2D eigenvalue weighted by molar-refractivity contribution is -0.143. The molecule has 0 aliphatic carbocycles. The van der Waals surface area contributed by atoms with Gasteiger partial charge < -0.3 is 19.9 Å². The summed E-state index contributed by atoms with van der Waals surface area (Å²) in [5, 5.41) is 3.69. The third-order valence-electron chi connectivity index (χ3n) is 7.88. The Morgan fingerprint density at radius 1 is 1.11 bits per heavy atom. The van der Waals surface area contributed by atoms with E-state index in [1.54, 1.807) is 17.4 Å². The number of aromatic amines is 1. The monoisotopic (exact) mass is 506 g/mol. The molecular formula is C26H27FN6O2S. The minimum Gasteiger partial charge on any atom is -0.378 e. The van der Waals surface area contributed by atoms with Gasteiger partial charge in [0.25, 0.3) is 0 Å². The van der Waals surface area contributed by atoms with Crippen molar-refractivity contribution in [1.29, 1.82) is 0 Å². The van der Waals surface area contributed by atoms with Crippen LogP contribution in [0.3, 0.4) is 0 Å². The second-order valence-corrected chi connectivity index (χ2v) is 11.1. The molecule has 0 saturated carbocycles. The van der Waals surface area contributed by atoms with Crippen LogP contribution in [0.25, 0.3) is 32.5 Å². The van der Waals surface area contributed by atoms with Gasteiger partial charge in [-0.1, -0.05) is 0 Å². The molecule has 2 N–H and O–H groups in total. The molecule has 36 heavy (non-hydrogen) atoms. The van der Waals surface area contributed by atoms with Crippen LogP contribution >= 0.6 is 11.3 Å². The van der Waals surface area contributed by atoms with Crippen molar-refractivity contribution in [3.8, 4) is 11.4 Å². The van der Waals surface area contributed by atoms with E-state index in [9.17, 15) is 4.79 Å². The number of hydrogen-bond acceptors (Lipinski definition) is 7. The molecule has 3 fully saturated rings. The Morgan fingerprint density at radius 3 is 2.69 bits per heavy atom. The van der Waals surface area contributed by atoms with Gasteiger partial charge in [-0.25, -0.2) is 14.4 Å². The zero-order valence-electron chi connectivity index (χ0n) is 19.8. The fourth-order valence-corrected chi connectivity index (χ4v) is 6.81. The number of carbonyl (C=O) groups is 1. The van der Waals surface area contributed by atoms with E-state index < -0.39 is 0 Å². The SMILES string of the molecule is O=C1NCC12CCN(Cc1cc3nc(-c4c(F)ccc5[nH]ccc45)nc(N4CCOCC4)c3s1)CC2. The highest BCUT2D eigenvalue weighted by atomic mass is 32.1. The fraction of sp³-hybridized carbons (Fsp3) is 0.423. The van der Waals surface area contributed by atoms with Gasteiger partial charge in [0, 0.05) is 48.2 Å². The quantitative estimate of drug-likeness (QED) is 0.412. The number of β-lactam (4-membered cyclic amide) rings is 1. The largest absolute Gasteiger partial charge is 0.378 e. The zero-order chi connectivity index (χ0) is 24.3. The van der Waals surface area contributed by atoms with Gasteiger partial charge in [-0.3, -0.25) is 9.69 Å². The third-order valence-corrected chi connectivity index (χ3v) is 8.99. The highest BCUT2D eigenvalue weighted by molar-refractivity contribution is 7.19. The first kappa shape index (κ1) is 22.1. The van der Waals surface area contributed by atoms with E-state index in [0.717, 1.165) is 79.0 Å². The number of likely N-dealkylation sites (tertiary alicyclic amines) is 1. The molecule has 8 nitrogen and oxygen atoms in total. The van der Waals surface area contributed by atoms with Crippen LogP contribution in [-0.4, -0.2) is 71.7 Å². The van der Waals surface area contributed by atoms with E-state index in [-0.39, 0.29) is 17.1 Å². The Morgan fingerprint density at radius 2 is 1.94 bits per heavy atom. The maximum Gasteiger partial charge on any atom is 0.228 e. The Bertz CT molecular complexity index is 1470. The molecule has 1 spiro atoms. The molecule has 3 aliphatic heterocycles. The molecule has 1 amide bonds. The molecule has 0 unspecified atom stereocenters. The standard InChI is InChI=1S/C26H27FN6O2S/c27-18-1-2-19-17(3-6-28-19)21(18)23-30-20-13-16(14-32-7-4-26(5-8-32)15-29-25(26)34)36-22(20)24(31-23)33-9-11-35-12-10-33/h1-3,6,13,28H,4-5,7-12,14-15H2,(H,29,34). The molecule has 0 bridgehead atoms. The zero-order valence-corrected chi connectivity index (χ0v) is 20.7. The van der Waals surface area contributed by atoms with Crippen LogP contribution in [0.5, 0.6) is 0 Å². The number of halogens is 1. The highest BCUT2D eigenvalue weighted by Crippen LogP contribution is 2.39. The summed E-state index contributed by atoms with van der Waals surface area (Å²) < 4.78 is 21.7. The van der Waals surface area contributed by atoms with Crippen LogP contribution in [0.2, 0.25) is 0 Å². The van der Waals surface area contributed by atoms with E-state index in [2.05, 4.69) is 26.2 Å². The van der Waals surface area contributed by atoms with E-state index in [4.69, 9.17) is 14.7 Å². The van der Waals surface area contributed by atoms with E-state index >= 15 is 4.39 Å². The van der Waals surface area contributed by atoms with E-state index in [1.165, 1.54) is 10.9 Å². The number of aromatic nitrogens is 3. The van der Waals surface area contributed by atoms with Crippen LogP contribution in [0.1, 0.15) is 17.7 Å². The number of hydrogen-bond donors (Lipinski definition) is 2. The highest BCUT2D eigenvalue weighted by Gasteiger charge is 2.47. The van der Waals surface area contributed by atoms with Crippen molar-refractivity contribution < 1.29 is 13.9 Å². The van der Waals surface area contributed by atoms with Crippen LogP contribution in [-0.2, 0) is 16.1 Å². The minimum absolute atomic E-state index is 0.135. The average Bonchev–Trinajstić information content (AvgIpc) is 3.54. The number of fused-ring (bicyclic) bond motifs is 2. The molecule has 186 valence electrons. The predicted octanol–water partition coefficient (Wildman–Crippen LogP) is 3.53. The van der Waals surface area contributed by atoms with Crippen LogP contribution in [0.15, 0.2) is 30.5 Å². The molecule has 10 heteroatoms. The van der Waals surface area contributed by atoms with Gasteiger partial charge in [0.1, 0.15) is 5.82 Å². The van der Waals surface area contributed by atoms with Gasteiger partial charge in [-0.05, 0) is 50.2 Å². The molecule has 3 aromatic heterocycles. The fourth-order valence-electron chi connectivity index (χ4n) is 5.65. The average molecular weight is 507 g/mol. The Balaban J connectivity index is 1.26. The van der Waals surface area contributed by atoms with Crippen molar-refractivity contribution in [2.45, 2.75) is 19.4 Å². The number of morpholine rings is 1. The normalized spacial score (nSPS) is 20.2. The number of anilines is 1. The molecule has 4 aromatic rings. The van der Waals surface area contributed by atoms with E-state index in [0.29, 0.717) is 24.6 Å². The molecule has 3 saturated heterocycles. The van der Waals surface area contributed by atoms with Crippen molar-refractivity contribution in [3.05, 3.63) is 41.2 Å². The Hall–Kier alpha value is -3.08. The molecular weight excluding hydrogens is 479 g/mol. The predicted molar refractivity (Wildman–Crippen MR) is 138 cm³/mol. The molecule has 1 aromatic carbocycles. The third kappa shape index (κ3) is 3.58. The van der Waals surface area contributed by atoms with Gasteiger partial charge >= 0.3 is 0 Å². The lowest BCUT2D eigenvalue weighted by atomic mass is 9.72. The minimum atomic E-state index is -0.327. The van der Waals surface area contributed by atoms with Gasteiger partial charge in [0.15, 0.2) is 11.6 Å². The summed E-state index contributed by atoms with van der Waals surface area (Å²) in [6, 6.07) is 7.22. The summed E-state index contributed by atoms with van der Waals surface area (Å²) in [6.45, 7) is 6.23. The number of nitrogens with one attached hydrogen (secondary N) is 2. The maximum atomic E-state index is 15.1. The number of carbonyl (C=O) groups excluding carboxylic acids is 1. The number of benzene rings is 1. The van der Waals surface area contributed by atoms with Crippen LogP contribution in [0.4, 0.5) is 10.2 Å². The van der Waals surface area contributed by atoms with Crippen LogP contribution < -0.4 is 10.2 Å². The number of ether oxygens (including phenoxy) is 1. The van der Waals surface area contributed by atoms with Crippen molar-refractivity contribution in [3.63, 3.8) is 0 Å². The summed E-state index contributed by atoms with van der Waals surface area (Å²) in [4.78, 5) is 30.9. The summed E-state index contributed by atoms with van der Waals surface area (Å²) >= 11 is 1.72. The first-order chi connectivity index (χ1) is 17.6. The second kappa shape index (κ2) is 8.50. The van der Waals surface area contributed by atoms with Gasteiger partial charge in [0.2, 0.25) is 5.91 Å². The van der Waals surface area contributed by atoms with Crippen molar-refractivity contribution in [2.75, 3.05) is 50.8 Å². The topological polar surface area (TPSA) is 86.4 Å². The summed E-state index contributed by atoms with van der Waals surface area (Å²) in [6.07, 6.45) is 3.63. The van der Waals surface area contributed by atoms with Gasteiger partial charge in [-0.15, -0.1) is 11.3 Å². The number of piperidine rings is 1. The number of amides is 1. The number of H-pyrrole nitrogens is 1. The lowest BCUT2D eigenvalue weighted by Crippen LogP contribution is -2.62. The first-order valence-corrected chi connectivity index (χ1v) is 13.3. The Labute approximate surface area is 211 Å². The molecule has 0 atom stereocenters. The van der Waals surface area contributed by atoms with Crippen molar-refractivity contribution in [2.24, 2.45) is 5.41 Å². The van der Waals surface area contributed by atoms with Gasteiger partial charge in [0.05, 0.1) is 34.4 Å². The second-order valence-electron chi connectivity index (χ2n) is 10.00. The lowest BCUT2D eigenvalue weighted by Gasteiger charge is -2.46. The first-order valence-electron chi connectivity index (χ1n) is 12.5. The molecule has 3 aliphatic rings. The summed E-state index contributed by atoms with van der Waals surface area (Å²) in [5.74, 6) is 1.15. The number of rotatable bonds is 4. The summed E-state index contributed by atoms with van der Waals surface area (Å²) in [5.41, 5.74) is 2.00. The van der Waals surface area contributed by atoms with E-state index in [1.807, 2.05) is 12.3 Å². The summed E-state index contributed by atoms with van der Waals surface area (Å²) in [7, 11) is 0. The van der Waals surface area contributed by atoms with Crippen molar-refractivity contribution in [1.82, 2.24) is 25.2 Å².